The Kier molecular flexibility index (Phi) is 7.51. The van der Waals surface area contributed by atoms with Crippen LogP contribution in [0.1, 0.15) is 51.4 Å². The second-order valence-electron chi connectivity index (χ2n) is 7.72. The highest BCUT2D eigenvalue weighted by atomic mass is 32.2. The van der Waals surface area contributed by atoms with Gasteiger partial charge in [-0.15, -0.1) is 23.5 Å². The van der Waals surface area contributed by atoms with Crippen molar-refractivity contribution in [2.24, 2.45) is 0 Å². The van der Waals surface area contributed by atoms with Gasteiger partial charge in [0.05, 0.1) is 0 Å². The summed E-state index contributed by atoms with van der Waals surface area (Å²) < 4.78 is 0. The van der Waals surface area contributed by atoms with Gasteiger partial charge in [-0.2, -0.15) is 0 Å². The zero-order chi connectivity index (χ0) is 22.3. The van der Waals surface area contributed by atoms with Gasteiger partial charge in [-0.05, 0) is 73.5 Å². The van der Waals surface area contributed by atoms with E-state index in [1.54, 1.807) is 23.5 Å². The highest BCUT2D eigenvalue weighted by molar-refractivity contribution is 7.99. The van der Waals surface area contributed by atoms with Crippen molar-refractivity contribution in [1.29, 1.82) is 0 Å². The van der Waals surface area contributed by atoms with Gasteiger partial charge in [-0.3, -0.25) is 4.79 Å². The third kappa shape index (κ3) is 5.73. The lowest BCUT2D eigenvalue weighted by molar-refractivity contribution is 0.103. The van der Waals surface area contributed by atoms with Crippen LogP contribution in [0.4, 0.5) is 0 Å². The highest BCUT2D eigenvalue weighted by Gasteiger charge is 2.12. The van der Waals surface area contributed by atoms with Crippen molar-refractivity contribution >= 4 is 29.3 Å². The van der Waals surface area contributed by atoms with Crippen LogP contribution in [0.15, 0.2) is 119 Å². The van der Waals surface area contributed by atoms with E-state index in [1.807, 2.05) is 60.7 Å². The van der Waals surface area contributed by atoms with Crippen LogP contribution >= 0.6 is 23.5 Å². The summed E-state index contributed by atoms with van der Waals surface area (Å²) in [5.41, 5.74) is 4.05. The summed E-state index contributed by atoms with van der Waals surface area (Å²) in [5.74, 6) is 0.0605. The standard InChI is InChI=1S/C29H26OS2/c1-21(23-9-5-3-6-10-23)31-27-17-13-25(14-18-27)29(30)26-15-19-28(20-16-26)32-22(2)24-11-7-4-8-12-24/h3-22H,1-2H3. The molecule has 2 unspecified atom stereocenters. The molecular weight excluding hydrogens is 428 g/mol. The first kappa shape index (κ1) is 22.4. The number of benzene rings is 4. The second kappa shape index (κ2) is 10.7. The van der Waals surface area contributed by atoms with E-state index in [0.29, 0.717) is 10.5 Å². The summed E-state index contributed by atoms with van der Waals surface area (Å²) in [4.78, 5) is 15.3. The quantitative estimate of drug-likeness (QED) is 0.196. The van der Waals surface area contributed by atoms with Crippen LogP contribution < -0.4 is 0 Å². The summed E-state index contributed by atoms with van der Waals surface area (Å²) in [7, 11) is 0. The minimum absolute atomic E-state index is 0.0605. The Morgan fingerprint density at radius 2 is 0.875 bits per heavy atom. The van der Waals surface area contributed by atoms with Crippen molar-refractivity contribution in [3.63, 3.8) is 0 Å². The zero-order valence-corrected chi connectivity index (χ0v) is 19.9. The number of carbonyl (C=O) groups excluding carboxylic acids is 1. The molecule has 2 atom stereocenters. The molecular formula is C29H26OS2. The van der Waals surface area contributed by atoms with Crippen molar-refractivity contribution in [1.82, 2.24) is 0 Å². The van der Waals surface area contributed by atoms with E-state index < -0.39 is 0 Å². The molecule has 0 N–H and O–H groups in total. The van der Waals surface area contributed by atoms with Gasteiger partial charge in [0.25, 0.3) is 0 Å². The van der Waals surface area contributed by atoms with Gasteiger partial charge in [0.1, 0.15) is 0 Å². The van der Waals surface area contributed by atoms with Gasteiger partial charge in [-0.25, -0.2) is 0 Å². The first-order chi connectivity index (χ1) is 15.6. The molecule has 4 aromatic carbocycles. The fourth-order valence-corrected chi connectivity index (χ4v) is 5.52. The molecule has 0 bridgehead atoms. The Labute approximate surface area is 199 Å². The predicted molar refractivity (Wildman–Crippen MR) is 138 cm³/mol. The Hall–Kier alpha value is -2.75. The van der Waals surface area contributed by atoms with E-state index in [2.05, 4.69) is 62.4 Å². The summed E-state index contributed by atoms with van der Waals surface area (Å²) in [6.07, 6.45) is 0. The molecule has 0 saturated carbocycles. The predicted octanol–water partition coefficient (Wildman–Crippen LogP) is 8.62. The molecule has 0 heterocycles. The lowest BCUT2D eigenvalue weighted by atomic mass is 10.0. The lowest BCUT2D eigenvalue weighted by Gasteiger charge is -2.12. The smallest absolute Gasteiger partial charge is 0.193 e. The van der Waals surface area contributed by atoms with Crippen LogP contribution in [-0.2, 0) is 0 Å². The van der Waals surface area contributed by atoms with E-state index in [-0.39, 0.29) is 5.78 Å². The summed E-state index contributed by atoms with van der Waals surface area (Å²) >= 11 is 3.61. The molecule has 0 aromatic heterocycles. The van der Waals surface area contributed by atoms with Crippen molar-refractivity contribution in [3.05, 3.63) is 131 Å². The average Bonchev–Trinajstić information content (AvgIpc) is 2.85. The van der Waals surface area contributed by atoms with Crippen LogP contribution in [0.5, 0.6) is 0 Å². The molecule has 1 nitrogen and oxygen atoms in total. The Morgan fingerprint density at radius 3 is 1.22 bits per heavy atom. The minimum Gasteiger partial charge on any atom is -0.289 e. The van der Waals surface area contributed by atoms with Gasteiger partial charge >= 0.3 is 0 Å². The molecule has 0 radical (unpaired) electrons. The number of ketones is 1. The van der Waals surface area contributed by atoms with Gasteiger partial charge < -0.3 is 0 Å². The monoisotopic (exact) mass is 454 g/mol. The van der Waals surface area contributed by atoms with Crippen LogP contribution in [-0.4, -0.2) is 5.78 Å². The van der Waals surface area contributed by atoms with Gasteiger partial charge in [0, 0.05) is 31.4 Å². The Bertz CT molecular complexity index is 1040. The molecule has 4 aromatic rings. The van der Waals surface area contributed by atoms with Crippen molar-refractivity contribution in [3.8, 4) is 0 Å². The summed E-state index contributed by atoms with van der Waals surface area (Å²) in [6.45, 7) is 4.41. The molecule has 0 amide bonds. The van der Waals surface area contributed by atoms with Crippen LogP contribution in [0.25, 0.3) is 0 Å². The van der Waals surface area contributed by atoms with E-state index in [1.165, 1.54) is 20.9 Å². The molecule has 0 aliphatic heterocycles. The fourth-order valence-electron chi connectivity index (χ4n) is 3.53. The fraction of sp³-hybridized carbons (Fsp3) is 0.138. The van der Waals surface area contributed by atoms with Gasteiger partial charge in [0.15, 0.2) is 5.78 Å². The van der Waals surface area contributed by atoms with Crippen LogP contribution in [0.2, 0.25) is 0 Å². The molecule has 0 saturated heterocycles. The topological polar surface area (TPSA) is 17.1 Å². The maximum absolute atomic E-state index is 12.9. The SMILES string of the molecule is CC(Sc1ccc(C(=O)c2ccc(SC(C)c3ccccc3)cc2)cc1)c1ccccc1. The van der Waals surface area contributed by atoms with Crippen LogP contribution in [0.3, 0.4) is 0 Å². The normalized spacial score (nSPS) is 12.8. The summed E-state index contributed by atoms with van der Waals surface area (Å²) in [5, 5.41) is 0.724. The molecule has 4 rings (SSSR count). The first-order valence-corrected chi connectivity index (χ1v) is 12.5. The molecule has 3 heteroatoms. The number of thioether (sulfide) groups is 2. The second-order valence-corrected chi connectivity index (χ2v) is 10.5. The van der Waals surface area contributed by atoms with Crippen molar-refractivity contribution in [2.75, 3.05) is 0 Å². The van der Waals surface area contributed by atoms with E-state index >= 15 is 0 Å². The molecule has 0 spiro atoms. The number of hydrogen-bond donors (Lipinski definition) is 0. The van der Waals surface area contributed by atoms with Crippen molar-refractivity contribution < 1.29 is 4.79 Å². The van der Waals surface area contributed by atoms with Gasteiger partial charge in [-0.1, -0.05) is 60.7 Å². The van der Waals surface area contributed by atoms with Crippen molar-refractivity contribution in [2.45, 2.75) is 34.1 Å². The number of hydrogen-bond acceptors (Lipinski definition) is 3. The van der Waals surface area contributed by atoms with E-state index in [9.17, 15) is 4.79 Å². The third-order valence-corrected chi connectivity index (χ3v) is 7.74. The van der Waals surface area contributed by atoms with E-state index in [4.69, 9.17) is 0 Å². The zero-order valence-electron chi connectivity index (χ0n) is 18.3. The lowest BCUT2D eigenvalue weighted by Crippen LogP contribution is -2.01. The molecule has 0 aliphatic carbocycles. The first-order valence-electron chi connectivity index (χ1n) is 10.8. The Morgan fingerprint density at radius 1 is 0.531 bits per heavy atom. The summed E-state index contributed by atoms with van der Waals surface area (Å²) in [6, 6.07) is 36.9. The highest BCUT2D eigenvalue weighted by Crippen LogP contribution is 2.36. The molecule has 32 heavy (non-hydrogen) atoms. The third-order valence-electron chi connectivity index (χ3n) is 5.40. The van der Waals surface area contributed by atoms with E-state index in [0.717, 1.165) is 11.1 Å². The van der Waals surface area contributed by atoms with Gasteiger partial charge in [0.2, 0.25) is 0 Å². The maximum Gasteiger partial charge on any atom is 0.193 e. The molecule has 0 aliphatic rings. The average molecular weight is 455 g/mol. The Balaban J connectivity index is 1.38. The number of carbonyl (C=O) groups is 1. The molecule has 160 valence electrons. The molecule has 0 fully saturated rings. The minimum atomic E-state index is 0.0605. The maximum atomic E-state index is 12.9. The number of rotatable bonds is 8. The largest absolute Gasteiger partial charge is 0.289 e. The van der Waals surface area contributed by atoms with Crippen LogP contribution in [0, 0.1) is 0 Å².